The van der Waals surface area contributed by atoms with Crippen molar-refractivity contribution in [2.45, 2.75) is 18.7 Å². The predicted octanol–water partition coefficient (Wildman–Crippen LogP) is 1.89. The highest BCUT2D eigenvalue weighted by atomic mass is 127. The Labute approximate surface area is 165 Å². The molecule has 2 rings (SSSR count). The first-order valence-electron chi connectivity index (χ1n) is 7.62. The fourth-order valence-corrected chi connectivity index (χ4v) is 3.07. The largest absolute Gasteiger partial charge is 0.370 e. The van der Waals surface area contributed by atoms with Gasteiger partial charge in [-0.1, -0.05) is 30.3 Å². The van der Waals surface area contributed by atoms with Gasteiger partial charge in [0.2, 0.25) is 0 Å². The van der Waals surface area contributed by atoms with Gasteiger partial charge in [0.15, 0.2) is 15.8 Å². The first-order valence-corrected chi connectivity index (χ1v) is 9.68. The van der Waals surface area contributed by atoms with Crippen molar-refractivity contribution in [3.05, 3.63) is 65.5 Å². The number of pyridine rings is 1. The topological polar surface area (TPSA) is 97.4 Å². The number of aromatic nitrogens is 1. The second kappa shape index (κ2) is 10.3. The van der Waals surface area contributed by atoms with E-state index >= 15 is 0 Å². The molecule has 6 nitrogen and oxygen atoms in total. The summed E-state index contributed by atoms with van der Waals surface area (Å²) in [5, 5.41) is 3.04. The third-order valence-electron chi connectivity index (χ3n) is 3.37. The Morgan fingerprint density at radius 3 is 2.48 bits per heavy atom. The quantitative estimate of drug-likeness (QED) is 0.363. The molecule has 0 saturated heterocycles. The third kappa shape index (κ3) is 8.30. The maximum Gasteiger partial charge on any atom is 0.188 e. The summed E-state index contributed by atoms with van der Waals surface area (Å²) in [6.45, 7) is 0.978. The summed E-state index contributed by atoms with van der Waals surface area (Å²) in [6, 6.07) is 13.1. The second-order valence-electron chi connectivity index (χ2n) is 5.54. The summed E-state index contributed by atoms with van der Waals surface area (Å²) < 4.78 is 23.0. The smallest absolute Gasteiger partial charge is 0.188 e. The molecule has 0 aliphatic heterocycles. The first-order chi connectivity index (χ1) is 11.4. The number of rotatable bonds is 7. The van der Waals surface area contributed by atoms with Gasteiger partial charge in [0.05, 0.1) is 12.3 Å². The second-order valence-corrected chi connectivity index (χ2v) is 7.68. The normalized spacial score (nSPS) is 11.6. The maximum atomic E-state index is 11.5. The molecule has 0 aliphatic rings. The van der Waals surface area contributed by atoms with Crippen LogP contribution in [0.4, 0.5) is 0 Å². The van der Waals surface area contributed by atoms with Crippen molar-refractivity contribution in [1.82, 2.24) is 10.3 Å². The number of aliphatic imine (C=N–C) groups is 1. The van der Waals surface area contributed by atoms with Gasteiger partial charge in [-0.25, -0.2) is 13.4 Å². The molecular weight excluding hydrogens is 451 g/mol. The van der Waals surface area contributed by atoms with Gasteiger partial charge < -0.3 is 11.1 Å². The third-order valence-corrected chi connectivity index (χ3v) is 4.20. The van der Waals surface area contributed by atoms with Crippen molar-refractivity contribution < 1.29 is 8.42 Å². The van der Waals surface area contributed by atoms with Crippen molar-refractivity contribution in [2.75, 3.05) is 12.8 Å². The number of guanidine groups is 1. The monoisotopic (exact) mass is 474 g/mol. The highest BCUT2D eigenvalue weighted by Gasteiger charge is 2.08. The number of nitrogens with two attached hydrogens (primary N) is 1. The van der Waals surface area contributed by atoms with Crippen LogP contribution in [0, 0.1) is 0 Å². The van der Waals surface area contributed by atoms with Gasteiger partial charge in [-0.15, -0.1) is 24.0 Å². The van der Waals surface area contributed by atoms with E-state index in [1.807, 2.05) is 36.4 Å². The Hall–Kier alpha value is -1.68. The highest BCUT2D eigenvalue weighted by molar-refractivity contribution is 14.0. The Morgan fingerprint density at radius 2 is 1.84 bits per heavy atom. The minimum atomic E-state index is -3.09. The van der Waals surface area contributed by atoms with E-state index in [2.05, 4.69) is 15.3 Å². The lowest BCUT2D eigenvalue weighted by Gasteiger charge is -2.08. The molecule has 1 aromatic heterocycles. The Bertz CT molecular complexity index is 795. The number of halogens is 1. The molecule has 1 heterocycles. The molecule has 0 spiro atoms. The van der Waals surface area contributed by atoms with Gasteiger partial charge in [-0.3, -0.25) is 4.98 Å². The summed E-state index contributed by atoms with van der Waals surface area (Å²) >= 11 is 0. The van der Waals surface area contributed by atoms with E-state index < -0.39 is 9.84 Å². The summed E-state index contributed by atoms with van der Waals surface area (Å²) in [5.41, 5.74) is 8.46. The lowest BCUT2D eigenvalue weighted by Crippen LogP contribution is -2.33. The molecular formula is C17H23IN4O2S. The molecule has 0 atom stereocenters. The number of hydrogen-bond acceptors (Lipinski definition) is 4. The van der Waals surface area contributed by atoms with Crippen LogP contribution in [0.3, 0.4) is 0 Å². The molecule has 0 unspecified atom stereocenters. The van der Waals surface area contributed by atoms with Crippen LogP contribution in [0.2, 0.25) is 0 Å². The van der Waals surface area contributed by atoms with Gasteiger partial charge in [0.1, 0.15) is 0 Å². The van der Waals surface area contributed by atoms with E-state index in [0.717, 1.165) is 23.2 Å². The summed E-state index contributed by atoms with van der Waals surface area (Å²) in [5.74, 6) is 0.339. The molecule has 2 aromatic rings. The zero-order valence-corrected chi connectivity index (χ0v) is 17.2. The zero-order valence-electron chi connectivity index (χ0n) is 14.1. The van der Waals surface area contributed by atoms with Crippen LogP contribution >= 0.6 is 24.0 Å². The van der Waals surface area contributed by atoms with Crippen LogP contribution in [0.15, 0.2) is 53.7 Å². The van der Waals surface area contributed by atoms with Crippen LogP contribution in [0.5, 0.6) is 0 Å². The standard InChI is InChI=1S/C17H22N4O2S.HI/c1-24(22,23)13-15-7-3-2-6-14(15)12-21-17(18)20-11-9-16-8-4-5-10-19-16;/h2-8,10H,9,11-13H2,1H3,(H3,18,20,21);1H. The van der Waals surface area contributed by atoms with E-state index in [4.69, 9.17) is 5.73 Å². The summed E-state index contributed by atoms with van der Waals surface area (Å²) in [7, 11) is -3.09. The molecule has 1 aromatic carbocycles. The van der Waals surface area contributed by atoms with Crippen molar-refractivity contribution in [2.24, 2.45) is 10.7 Å². The van der Waals surface area contributed by atoms with Crippen molar-refractivity contribution in [1.29, 1.82) is 0 Å². The Balaban J connectivity index is 0.00000312. The van der Waals surface area contributed by atoms with Crippen LogP contribution < -0.4 is 11.1 Å². The van der Waals surface area contributed by atoms with Gasteiger partial charge in [-0.05, 0) is 23.3 Å². The van der Waals surface area contributed by atoms with Gasteiger partial charge in [0.25, 0.3) is 0 Å². The van der Waals surface area contributed by atoms with Crippen LogP contribution in [0.1, 0.15) is 16.8 Å². The molecule has 0 bridgehead atoms. The van der Waals surface area contributed by atoms with E-state index in [-0.39, 0.29) is 29.7 Å². The predicted molar refractivity (Wildman–Crippen MR) is 112 cm³/mol. The van der Waals surface area contributed by atoms with Gasteiger partial charge in [-0.2, -0.15) is 0 Å². The summed E-state index contributed by atoms with van der Waals surface area (Å²) in [4.78, 5) is 8.52. The number of hydrogen-bond donors (Lipinski definition) is 2. The van der Waals surface area contributed by atoms with Crippen LogP contribution in [0.25, 0.3) is 0 Å². The van der Waals surface area contributed by atoms with Crippen molar-refractivity contribution >= 4 is 39.8 Å². The lowest BCUT2D eigenvalue weighted by atomic mass is 10.1. The Morgan fingerprint density at radius 1 is 1.16 bits per heavy atom. The minimum absolute atomic E-state index is 0. The lowest BCUT2D eigenvalue weighted by molar-refractivity contribution is 0.601. The van der Waals surface area contributed by atoms with E-state index in [0.29, 0.717) is 19.0 Å². The first kappa shape index (κ1) is 21.4. The fourth-order valence-electron chi connectivity index (χ4n) is 2.23. The Kier molecular flexibility index (Phi) is 8.84. The molecule has 0 fully saturated rings. The molecule has 0 amide bonds. The summed E-state index contributed by atoms with van der Waals surface area (Å²) in [6.07, 6.45) is 3.73. The minimum Gasteiger partial charge on any atom is -0.370 e. The van der Waals surface area contributed by atoms with Crippen LogP contribution in [-0.4, -0.2) is 32.2 Å². The van der Waals surface area contributed by atoms with Gasteiger partial charge >= 0.3 is 0 Å². The average Bonchev–Trinajstić information content (AvgIpc) is 2.54. The highest BCUT2D eigenvalue weighted by Crippen LogP contribution is 2.13. The molecule has 136 valence electrons. The maximum absolute atomic E-state index is 11.5. The van der Waals surface area contributed by atoms with Crippen LogP contribution in [-0.2, 0) is 28.6 Å². The molecule has 0 aliphatic carbocycles. The van der Waals surface area contributed by atoms with E-state index in [1.165, 1.54) is 6.26 Å². The molecule has 0 saturated carbocycles. The SMILES string of the molecule is CS(=O)(=O)Cc1ccccc1CN=C(N)NCCc1ccccn1.I. The van der Waals surface area contributed by atoms with Crippen molar-refractivity contribution in [3.63, 3.8) is 0 Å². The number of nitrogens with one attached hydrogen (secondary N) is 1. The van der Waals surface area contributed by atoms with Crippen molar-refractivity contribution in [3.8, 4) is 0 Å². The number of nitrogens with zero attached hydrogens (tertiary/aromatic N) is 2. The molecule has 25 heavy (non-hydrogen) atoms. The molecule has 0 radical (unpaired) electrons. The molecule has 3 N–H and O–H groups in total. The average molecular weight is 474 g/mol. The van der Waals surface area contributed by atoms with E-state index in [9.17, 15) is 8.42 Å². The zero-order chi connectivity index (χ0) is 17.4. The number of benzene rings is 1. The van der Waals surface area contributed by atoms with Gasteiger partial charge in [0, 0.05) is 31.1 Å². The molecule has 8 heteroatoms. The van der Waals surface area contributed by atoms with E-state index in [1.54, 1.807) is 12.3 Å². The number of sulfone groups is 1. The fraction of sp³-hybridized carbons (Fsp3) is 0.294.